The van der Waals surface area contributed by atoms with Crippen LogP contribution in [-0.2, 0) is 14.3 Å². The highest BCUT2D eigenvalue weighted by Crippen LogP contribution is 2.26. The Labute approximate surface area is 154 Å². The molecule has 2 heterocycles. The number of morpholine rings is 1. The quantitative estimate of drug-likeness (QED) is 0.684. The van der Waals surface area contributed by atoms with Gasteiger partial charge in [-0.05, 0) is 31.2 Å². The summed E-state index contributed by atoms with van der Waals surface area (Å²) in [5.41, 5.74) is 0.812. The molecule has 2 aliphatic heterocycles. The van der Waals surface area contributed by atoms with Crippen molar-refractivity contribution in [2.75, 3.05) is 57.4 Å². The van der Waals surface area contributed by atoms with Gasteiger partial charge in [0.15, 0.2) is 0 Å². The number of rotatable bonds is 7. The second-order valence-corrected chi connectivity index (χ2v) is 6.74. The molecule has 2 fully saturated rings. The second-order valence-electron chi connectivity index (χ2n) is 6.74. The van der Waals surface area contributed by atoms with E-state index in [1.54, 1.807) is 4.90 Å². The minimum Gasteiger partial charge on any atom is -0.494 e. The summed E-state index contributed by atoms with van der Waals surface area (Å²) in [7, 11) is 0. The third kappa shape index (κ3) is 4.74. The predicted octanol–water partition coefficient (Wildman–Crippen LogP) is -0.530. The highest BCUT2D eigenvalue weighted by molar-refractivity contribution is 6.00. The van der Waals surface area contributed by atoms with Gasteiger partial charge in [0.2, 0.25) is 11.8 Å². The summed E-state index contributed by atoms with van der Waals surface area (Å²) in [5.74, 6) is 0.462. The third-order valence-corrected chi connectivity index (χ3v) is 4.93. The van der Waals surface area contributed by atoms with Crippen molar-refractivity contribution in [1.82, 2.24) is 5.32 Å². The lowest BCUT2D eigenvalue weighted by atomic mass is 10.1. The molecule has 2 amide bonds. The lowest BCUT2D eigenvalue weighted by molar-refractivity contribution is -0.906. The SMILES string of the molecule is CCOc1ccc(N2C[C@H](C(=O)NCC[NH+]3CCOCC3)CC2=O)cc1. The fraction of sp³-hybridized carbons (Fsp3) is 0.579. The number of hydrogen-bond acceptors (Lipinski definition) is 4. The fourth-order valence-electron chi connectivity index (χ4n) is 3.44. The number of carbonyl (C=O) groups excluding carboxylic acids is 2. The molecule has 7 nitrogen and oxygen atoms in total. The molecule has 0 spiro atoms. The largest absolute Gasteiger partial charge is 0.494 e. The monoisotopic (exact) mass is 362 g/mol. The number of carbonyl (C=O) groups is 2. The molecule has 0 radical (unpaired) electrons. The number of nitrogens with zero attached hydrogens (tertiary/aromatic N) is 1. The molecule has 26 heavy (non-hydrogen) atoms. The van der Waals surface area contributed by atoms with E-state index in [-0.39, 0.29) is 24.2 Å². The number of nitrogens with one attached hydrogen (secondary N) is 2. The molecule has 3 rings (SSSR count). The van der Waals surface area contributed by atoms with Crippen LogP contribution in [0, 0.1) is 5.92 Å². The van der Waals surface area contributed by atoms with Gasteiger partial charge in [-0.2, -0.15) is 0 Å². The van der Waals surface area contributed by atoms with E-state index in [2.05, 4.69) is 5.32 Å². The van der Waals surface area contributed by atoms with Gasteiger partial charge in [0, 0.05) is 18.7 Å². The zero-order valence-electron chi connectivity index (χ0n) is 15.3. The van der Waals surface area contributed by atoms with Crippen LogP contribution in [0.3, 0.4) is 0 Å². The van der Waals surface area contributed by atoms with Crippen LogP contribution in [0.1, 0.15) is 13.3 Å². The Kier molecular flexibility index (Phi) is 6.46. The molecule has 0 aliphatic carbocycles. The molecule has 142 valence electrons. The molecule has 0 unspecified atom stereocenters. The zero-order valence-corrected chi connectivity index (χ0v) is 15.3. The average Bonchev–Trinajstić information content (AvgIpc) is 3.05. The number of hydrogen-bond donors (Lipinski definition) is 2. The summed E-state index contributed by atoms with van der Waals surface area (Å²) < 4.78 is 10.8. The third-order valence-electron chi connectivity index (χ3n) is 4.93. The van der Waals surface area contributed by atoms with Gasteiger partial charge in [-0.15, -0.1) is 0 Å². The molecule has 1 atom stereocenters. The molecule has 0 bridgehead atoms. The number of benzene rings is 1. The van der Waals surface area contributed by atoms with Crippen LogP contribution < -0.4 is 19.9 Å². The number of anilines is 1. The Morgan fingerprint density at radius 3 is 2.73 bits per heavy atom. The molecule has 1 aromatic carbocycles. The van der Waals surface area contributed by atoms with E-state index in [0.717, 1.165) is 44.3 Å². The Morgan fingerprint density at radius 1 is 1.31 bits per heavy atom. The van der Waals surface area contributed by atoms with Crippen LogP contribution in [0.2, 0.25) is 0 Å². The summed E-state index contributed by atoms with van der Waals surface area (Å²) in [5, 5.41) is 2.99. The molecular weight excluding hydrogens is 334 g/mol. The average molecular weight is 362 g/mol. The minimum absolute atomic E-state index is 0.00638. The number of ether oxygens (including phenoxy) is 2. The van der Waals surface area contributed by atoms with Crippen molar-refractivity contribution < 1.29 is 24.0 Å². The van der Waals surface area contributed by atoms with E-state index in [1.807, 2.05) is 31.2 Å². The molecule has 2 saturated heterocycles. The standard InChI is InChI=1S/C19H27N3O4/c1-2-26-17-5-3-16(4-6-17)22-14-15(13-18(22)23)19(24)20-7-8-21-9-11-25-12-10-21/h3-6,15H,2,7-14H2,1H3,(H,20,24)/p+1/t15-/m1/s1. The van der Waals surface area contributed by atoms with Gasteiger partial charge >= 0.3 is 0 Å². The van der Waals surface area contributed by atoms with Gasteiger partial charge in [-0.3, -0.25) is 9.59 Å². The summed E-state index contributed by atoms with van der Waals surface area (Å²) >= 11 is 0. The summed E-state index contributed by atoms with van der Waals surface area (Å²) in [4.78, 5) is 27.9. The van der Waals surface area contributed by atoms with E-state index < -0.39 is 0 Å². The summed E-state index contributed by atoms with van der Waals surface area (Å²) in [6.45, 7) is 8.07. The predicted molar refractivity (Wildman–Crippen MR) is 97.5 cm³/mol. The first-order valence-electron chi connectivity index (χ1n) is 9.39. The molecule has 0 saturated carbocycles. The van der Waals surface area contributed by atoms with E-state index in [0.29, 0.717) is 19.7 Å². The van der Waals surface area contributed by atoms with Gasteiger partial charge in [0.1, 0.15) is 18.8 Å². The van der Waals surface area contributed by atoms with Gasteiger partial charge in [-0.1, -0.05) is 0 Å². The van der Waals surface area contributed by atoms with Gasteiger partial charge in [0.05, 0.1) is 38.8 Å². The topological polar surface area (TPSA) is 72.3 Å². The van der Waals surface area contributed by atoms with Crippen molar-refractivity contribution in [2.24, 2.45) is 5.92 Å². The number of quaternary nitrogens is 1. The molecule has 2 N–H and O–H groups in total. The lowest BCUT2D eigenvalue weighted by Gasteiger charge is -2.24. The van der Waals surface area contributed by atoms with Crippen molar-refractivity contribution in [3.8, 4) is 5.75 Å². The molecule has 2 aliphatic rings. The van der Waals surface area contributed by atoms with Crippen molar-refractivity contribution in [3.05, 3.63) is 24.3 Å². The van der Waals surface area contributed by atoms with Crippen LogP contribution in [-0.4, -0.2) is 64.4 Å². The van der Waals surface area contributed by atoms with E-state index in [9.17, 15) is 9.59 Å². The normalized spacial score (nSPS) is 21.0. The zero-order chi connectivity index (χ0) is 18.4. The second kappa shape index (κ2) is 9.00. The van der Waals surface area contributed by atoms with Crippen molar-refractivity contribution in [3.63, 3.8) is 0 Å². The van der Waals surface area contributed by atoms with Crippen molar-refractivity contribution in [1.29, 1.82) is 0 Å². The van der Waals surface area contributed by atoms with Crippen molar-refractivity contribution >= 4 is 17.5 Å². The van der Waals surface area contributed by atoms with Crippen LogP contribution in [0.4, 0.5) is 5.69 Å². The van der Waals surface area contributed by atoms with Gasteiger partial charge in [0.25, 0.3) is 0 Å². The van der Waals surface area contributed by atoms with Crippen LogP contribution in [0.25, 0.3) is 0 Å². The van der Waals surface area contributed by atoms with E-state index in [4.69, 9.17) is 9.47 Å². The molecule has 0 aromatic heterocycles. The van der Waals surface area contributed by atoms with Crippen LogP contribution >= 0.6 is 0 Å². The van der Waals surface area contributed by atoms with Crippen molar-refractivity contribution in [2.45, 2.75) is 13.3 Å². The maximum absolute atomic E-state index is 12.4. The first kappa shape index (κ1) is 18.7. The highest BCUT2D eigenvalue weighted by Gasteiger charge is 2.35. The smallest absolute Gasteiger partial charge is 0.227 e. The van der Waals surface area contributed by atoms with Gasteiger partial charge in [-0.25, -0.2) is 0 Å². The highest BCUT2D eigenvalue weighted by atomic mass is 16.5. The molecule has 7 heteroatoms. The van der Waals surface area contributed by atoms with E-state index >= 15 is 0 Å². The summed E-state index contributed by atoms with van der Waals surface area (Å²) in [6, 6.07) is 7.44. The molecular formula is C19H28N3O4+. The maximum Gasteiger partial charge on any atom is 0.227 e. The maximum atomic E-state index is 12.4. The molecule has 1 aromatic rings. The Balaban J connectivity index is 1.47. The Morgan fingerprint density at radius 2 is 2.04 bits per heavy atom. The van der Waals surface area contributed by atoms with E-state index in [1.165, 1.54) is 4.90 Å². The minimum atomic E-state index is -0.284. The van der Waals surface area contributed by atoms with Crippen LogP contribution in [0.5, 0.6) is 5.75 Å². The first-order chi connectivity index (χ1) is 12.7. The Bertz CT molecular complexity index is 614. The van der Waals surface area contributed by atoms with Gasteiger partial charge < -0.3 is 24.6 Å². The summed E-state index contributed by atoms with van der Waals surface area (Å²) in [6.07, 6.45) is 0.267. The lowest BCUT2D eigenvalue weighted by Crippen LogP contribution is -3.14. The fourth-order valence-corrected chi connectivity index (χ4v) is 3.44. The van der Waals surface area contributed by atoms with Crippen LogP contribution in [0.15, 0.2) is 24.3 Å². The first-order valence-corrected chi connectivity index (χ1v) is 9.39. The number of amides is 2. The Hall–Kier alpha value is -2.12.